The first-order valence-electron chi connectivity index (χ1n) is 10.5. The molecule has 0 aliphatic rings. The number of fused-ring (bicyclic) bond motifs is 1. The number of nitrogens with zero attached hydrogens (tertiary/aromatic N) is 2. The van der Waals surface area contributed by atoms with Crippen LogP contribution < -0.4 is 9.47 Å². The van der Waals surface area contributed by atoms with Gasteiger partial charge in [0.2, 0.25) is 0 Å². The van der Waals surface area contributed by atoms with Gasteiger partial charge in [-0.1, -0.05) is 62.4 Å². The Kier molecular flexibility index (Phi) is 6.03. The lowest BCUT2D eigenvalue weighted by Gasteiger charge is -2.13. The number of rotatable bonds is 8. The van der Waals surface area contributed by atoms with Crippen molar-refractivity contribution in [3.8, 4) is 11.5 Å². The SMILES string of the molecule is CCC(C)c1ccc(Cn2c(COc3ccccc3OC)nc3ccccc32)cc1. The van der Waals surface area contributed by atoms with E-state index in [-0.39, 0.29) is 0 Å². The van der Waals surface area contributed by atoms with Crippen LogP contribution in [0.3, 0.4) is 0 Å². The Bertz CT molecular complexity index is 1120. The fourth-order valence-electron chi connectivity index (χ4n) is 3.66. The molecule has 30 heavy (non-hydrogen) atoms. The first kappa shape index (κ1) is 20.0. The van der Waals surface area contributed by atoms with Crippen molar-refractivity contribution in [1.29, 1.82) is 0 Å². The van der Waals surface area contributed by atoms with Gasteiger partial charge in [-0.15, -0.1) is 0 Å². The van der Waals surface area contributed by atoms with Crippen molar-refractivity contribution in [3.63, 3.8) is 0 Å². The summed E-state index contributed by atoms with van der Waals surface area (Å²) in [6.07, 6.45) is 1.15. The molecular formula is C26H28N2O2. The first-order chi connectivity index (χ1) is 14.7. The van der Waals surface area contributed by atoms with Crippen molar-refractivity contribution in [3.05, 3.63) is 89.7 Å². The van der Waals surface area contributed by atoms with Crippen LogP contribution in [0.4, 0.5) is 0 Å². The number of aromatic nitrogens is 2. The normalized spacial score (nSPS) is 12.1. The summed E-state index contributed by atoms with van der Waals surface area (Å²) in [6, 6.07) is 24.9. The Morgan fingerprint density at radius 3 is 2.33 bits per heavy atom. The highest BCUT2D eigenvalue weighted by atomic mass is 16.5. The zero-order valence-corrected chi connectivity index (χ0v) is 17.8. The highest BCUT2D eigenvalue weighted by molar-refractivity contribution is 5.76. The van der Waals surface area contributed by atoms with E-state index in [4.69, 9.17) is 14.5 Å². The highest BCUT2D eigenvalue weighted by Gasteiger charge is 2.13. The summed E-state index contributed by atoms with van der Waals surface area (Å²) in [6.45, 7) is 5.63. The molecule has 0 bridgehead atoms. The molecule has 0 aliphatic carbocycles. The highest BCUT2D eigenvalue weighted by Crippen LogP contribution is 2.27. The van der Waals surface area contributed by atoms with Crippen molar-refractivity contribution in [2.24, 2.45) is 0 Å². The molecule has 1 heterocycles. The molecule has 4 aromatic rings. The Morgan fingerprint density at radius 2 is 1.60 bits per heavy atom. The molecule has 1 atom stereocenters. The van der Waals surface area contributed by atoms with Crippen LogP contribution in [0, 0.1) is 0 Å². The second-order valence-electron chi connectivity index (χ2n) is 7.59. The van der Waals surface area contributed by atoms with Crippen molar-refractivity contribution in [2.45, 2.75) is 39.3 Å². The van der Waals surface area contributed by atoms with Crippen molar-refractivity contribution >= 4 is 11.0 Å². The summed E-state index contributed by atoms with van der Waals surface area (Å²) in [5.74, 6) is 2.92. The Labute approximate surface area is 178 Å². The van der Waals surface area contributed by atoms with Crippen molar-refractivity contribution in [2.75, 3.05) is 7.11 Å². The molecule has 0 amide bonds. The fourth-order valence-corrected chi connectivity index (χ4v) is 3.66. The lowest BCUT2D eigenvalue weighted by Crippen LogP contribution is -2.09. The Balaban J connectivity index is 1.62. The molecule has 4 rings (SSSR count). The van der Waals surface area contributed by atoms with Crippen molar-refractivity contribution in [1.82, 2.24) is 9.55 Å². The summed E-state index contributed by atoms with van der Waals surface area (Å²) in [5.41, 5.74) is 4.73. The molecule has 4 heteroatoms. The van der Waals surface area contributed by atoms with Gasteiger partial charge in [0.25, 0.3) is 0 Å². The molecule has 4 nitrogen and oxygen atoms in total. The van der Waals surface area contributed by atoms with Gasteiger partial charge in [-0.2, -0.15) is 0 Å². The van der Waals surface area contributed by atoms with E-state index in [0.29, 0.717) is 12.5 Å². The van der Waals surface area contributed by atoms with Gasteiger partial charge in [-0.25, -0.2) is 4.98 Å². The van der Waals surface area contributed by atoms with Crippen LogP contribution in [0.15, 0.2) is 72.8 Å². The van der Waals surface area contributed by atoms with Crippen LogP contribution in [-0.2, 0) is 13.2 Å². The number of benzene rings is 3. The zero-order valence-electron chi connectivity index (χ0n) is 17.8. The molecular weight excluding hydrogens is 372 g/mol. The zero-order chi connectivity index (χ0) is 20.9. The van der Waals surface area contributed by atoms with Gasteiger partial charge in [-0.3, -0.25) is 0 Å². The minimum Gasteiger partial charge on any atom is -0.493 e. The van der Waals surface area contributed by atoms with Crippen LogP contribution in [-0.4, -0.2) is 16.7 Å². The summed E-state index contributed by atoms with van der Waals surface area (Å²) in [5, 5.41) is 0. The third-order valence-corrected chi connectivity index (χ3v) is 5.66. The third kappa shape index (κ3) is 4.18. The number of hydrogen-bond donors (Lipinski definition) is 0. The lowest BCUT2D eigenvalue weighted by atomic mass is 9.98. The van der Waals surface area contributed by atoms with Crippen LogP contribution in [0.2, 0.25) is 0 Å². The van der Waals surface area contributed by atoms with Gasteiger partial charge in [0.1, 0.15) is 12.4 Å². The molecule has 3 aromatic carbocycles. The molecule has 0 aliphatic heterocycles. The second-order valence-corrected chi connectivity index (χ2v) is 7.59. The topological polar surface area (TPSA) is 36.3 Å². The number of para-hydroxylation sites is 4. The van der Waals surface area contributed by atoms with Gasteiger partial charge in [0.05, 0.1) is 18.1 Å². The molecule has 0 fully saturated rings. The maximum atomic E-state index is 6.08. The van der Waals surface area contributed by atoms with E-state index in [1.54, 1.807) is 7.11 Å². The average Bonchev–Trinajstić information content (AvgIpc) is 3.15. The molecule has 0 radical (unpaired) electrons. The molecule has 0 saturated carbocycles. The molecule has 1 unspecified atom stereocenters. The van der Waals surface area contributed by atoms with Crippen LogP contribution in [0.5, 0.6) is 11.5 Å². The summed E-state index contributed by atoms with van der Waals surface area (Å²) in [4.78, 5) is 4.84. The summed E-state index contributed by atoms with van der Waals surface area (Å²) >= 11 is 0. The quantitative estimate of drug-likeness (QED) is 0.354. The predicted molar refractivity (Wildman–Crippen MR) is 121 cm³/mol. The number of imidazole rings is 1. The average molecular weight is 401 g/mol. The second kappa shape index (κ2) is 9.04. The number of hydrogen-bond acceptors (Lipinski definition) is 3. The molecule has 1 aromatic heterocycles. The third-order valence-electron chi connectivity index (χ3n) is 5.66. The monoisotopic (exact) mass is 400 g/mol. The van der Waals surface area contributed by atoms with E-state index in [9.17, 15) is 0 Å². The van der Waals surface area contributed by atoms with E-state index in [1.807, 2.05) is 36.4 Å². The van der Waals surface area contributed by atoms with E-state index in [2.05, 4.69) is 54.8 Å². The fraction of sp³-hybridized carbons (Fsp3) is 0.269. The van der Waals surface area contributed by atoms with E-state index in [0.717, 1.165) is 41.3 Å². The number of ether oxygens (including phenoxy) is 2. The summed E-state index contributed by atoms with van der Waals surface area (Å²) < 4.78 is 13.7. The molecule has 0 spiro atoms. The molecule has 0 saturated heterocycles. The summed E-state index contributed by atoms with van der Waals surface area (Å²) in [7, 11) is 1.65. The number of methoxy groups -OCH3 is 1. The Morgan fingerprint density at radius 1 is 0.900 bits per heavy atom. The van der Waals surface area contributed by atoms with E-state index < -0.39 is 0 Å². The largest absolute Gasteiger partial charge is 0.493 e. The lowest BCUT2D eigenvalue weighted by molar-refractivity contribution is 0.273. The Hall–Kier alpha value is -3.27. The molecule has 0 N–H and O–H groups in total. The van der Waals surface area contributed by atoms with Gasteiger partial charge >= 0.3 is 0 Å². The van der Waals surface area contributed by atoms with Crippen LogP contribution in [0.25, 0.3) is 11.0 Å². The van der Waals surface area contributed by atoms with E-state index >= 15 is 0 Å². The van der Waals surface area contributed by atoms with Gasteiger partial charge < -0.3 is 14.0 Å². The minimum absolute atomic E-state index is 0.375. The molecule has 154 valence electrons. The maximum absolute atomic E-state index is 6.08. The van der Waals surface area contributed by atoms with E-state index in [1.165, 1.54) is 11.1 Å². The standard InChI is InChI=1S/C26H28N2O2/c1-4-19(2)21-15-13-20(14-16-21)17-28-23-10-6-5-9-22(23)27-26(28)18-30-25-12-8-7-11-24(25)29-3/h5-16,19H,4,17-18H2,1-3H3. The van der Waals surface area contributed by atoms with Crippen LogP contribution >= 0.6 is 0 Å². The van der Waals surface area contributed by atoms with Crippen molar-refractivity contribution < 1.29 is 9.47 Å². The first-order valence-corrected chi connectivity index (χ1v) is 10.5. The van der Waals surface area contributed by atoms with Gasteiger partial charge in [-0.05, 0) is 47.7 Å². The van der Waals surface area contributed by atoms with Gasteiger partial charge in [0.15, 0.2) is 11.5 Å². The predicted octanol–water partition coefficient (Wildman–Crippen LogP) is 6.19. The minimum atomic E-state index is 0.375. The maximum Gasteiger partial charge on any atom is 0.161 e. The van der Waals surface area contributed by atoms with Crippen LogP contribution in [0.1, 0.15) is 43.1 Å². The van der Waals surface area contributed by atoms with Gasteiger partial charge in [0, 0.05) is 6.54 Å². The smallest absolute Gasteiger partial charge is 0.161 e.